The Morgan fingerprint density at radius 1 is 1.10 bits per heavy atom. The Morgan fingerprint density at radius 3 is 2.50 bits per heavy atom. The number of rotatable bonds is 4. The van der Waals surface area contributed by atoms with Gasteiger partial charge in [-0.25, -0.2) is 8.78 Å². The van der Waals surface area contributed by atoms with Gasteiger partial charge in [-0.15, -0.1) is 0 Å². The van der Waals surface area contributed by atoms with Gasteiger partial charge in [0.25, 0.3) is 0 Å². The van der Waals surface area contributed by atoms with Crippen molar-refractivity contribution in [1.82, 2.24) is 5.32 Å². The minimum atomic E-state index is -0.330. The van der Waals surface area contributed by atoms with Crippen LogP contribution >= 0.6 is 0 Å². The summed E-state index contributed by atoms with van der Waals surface area (Å²) in [5, 5.41) is 2.99. The van der Waals surface area contributed by atoms with Gasteiger partial charge < -0.3 is 10.1 Å². The molecule has 0 aromatic heterocycles. The first kappa shape index (κ1) is 14.5. The van der Waals surface area contributed by atoms with E-state index in [9.17, 15) is 8.78 Å². The average Bonchev–Trinajstić information content (AvgIpc) is 2.42. The topological polar surface area (TPSA) is 21.3 Å². The number of hydrogen-bond acceptors (Lipinski definition) is 2. The molecule has 0 spiro atoms. The van der Waals surface area contributed by atoms with Gasteiger partial charge in [0, 0.05) is 11.6 Å². The Labute approximate surface area is 117 Å². The van der Waals surface area contributed by atoms with Gasteiger partial charge in [0.05, 0.1) is 0 Å². The summed E-state index contributed by atoms with van der Waals surface area (Å²) >= 11 is 0. The lowest BCUT2D eigenvalue weighted by molar-refractivity contribution is 0.451. The van der Waals surface area contributed by atoms with Crippen molar-refractivity contribution in [2.24, 2.45) is 0 Å². The molecule has 2 aromatic rings. The zero-order valence-corrected chi connectivity index (χ0v) is 11.7. The van der Waals surface area contributed by atoms with E-state index in [-0.39, 0.29) is 17.7 Å². The van der Waals surface area contributed by atoms with Gasteiger partial charge in [0.15, 0.2) is 0 Å². The first-order valence-electron chi connectivity index (χ1n) is 6.42. The van der Waals surface area contributed by atoms with Crippen molar-refractivity contribution < 1.29 is 13.5 Å². The van der Waals surface area contributed by atoms with E-state index in [1.807, 2.05) is 6.92 Å². The van der Waals surface area contributed by atoms with Crippen LogP contribution in [0.1, 0.15) is 24.1 Å². The predicted octanol–water partition coefficient (Wildman–Crippen LogP) is 4.35. The number of halogens is 2. The molecule has 0 saturated carbocycles. The first-order chi connectivity index (χ1) is 9.52. The highest BCUT2D eigenvalue weighted by atomic mass is 19.1. The van der Waals surface area contributed by atoms with Gasteiger partial charge >= 0.3 is 0 Å². The molecule has 0 aliphatic carbocycles. The van der Waals surface area contributed by atoms with E-state index in [1.165, 1.54) is 18.2 Å². The van der Waals surface area contributed by atoms with Gasteiger partial charge in [0.1, 0.15) is 23.1 Å². The smallest absolute Gasteiger partial charge is 0.135 e. The predicted molar refractivity (Wildman–Crippen MR) is 75.1 cm³/mol. The summed E-state index contributed by atoms with van der Waals surface area (Å²) in [5.41, 5.74) is 0.944. The van der Waals surface area contributed by atoms with Crippen molar-refractivity contribution in [3.63, 3.8) is 0 Å². The normalized spacial score (nSPS) is 12.2. The number of hydrogen-bond donors (Lipinski definition) is 1. The molecule has 2 aromatic carbocycles. The van der Waals surface area contributed by atoms with Crippen LogP contribution in [0.25, 0.3) is 0 Å². The third-order valence-corrected chi connectivity index (χ3v) is 3.24. The van der Waals surface area contributed by atoms with Crippen molar-refractivity contribution in [2.75, 3.05) is 7.05 Å². The van der Waals surface area contributed by atoms with E-state index in [4.69, 9.17) is 4.74 Å². The van der Waals surface area contributed by atoms with Crippen molar-refractivity contribution >= 4 is 0 Å². The fourth-order valence-electron chi connectivity index (χ4n) is 1.98. The molecule has 4 heteroatoms. The second-order valence-corrected chi connectivity index (χ2v) is 4.68. The van der Waals surface area contributed by atoms with Crippen LogP contribution < -0.4 is 10.1 Å². The van der Waals surface area contributed by atoms with Crippen molar-refractivity contribution in [2.45, 2.75) is 19.9 Å². The SMILES string of the molecule is CNC(C)c1c(F)cccc1Oc1ccc(F)c(C)c1. The molecule has 0 radical (unpaired) electrons. The quantitative estimate of drug-likeness (QED) is 0.897. The van der Waals surface area contributed by atoms with Gasteiger partial charge in [-0.2, -0.15) is 0 Å². The summed E-state index contributed by atoms with van der Waals surface area (Å²) in [4.78, 5) is 0. The molecule has 1 atom stereocenters. The Morgan fingerprint density at radius 2 is 1.85 bits per heavy atom. The lowest BCUT2D eigenvalue weighted by Crippen LogP contribution is -2.14. The molecule has 106 valence electrons. The third kappa shape index (κ3) is 2.96. The lowest BCUT2D eigenvalue weighted by Gasteiger charge is -2.17. The summed E-state index contributed by atoms with van der Waals surface area (Å²) in [5.74, 6) is 0.292. The van der Waals surface area contributed by atoms with Crippen LogP contribution in [-0.4, -0.2) is 7.05 Å². The number of nitrogens with one attached hydrogen (secondary N) is 1. The zero-order valence-electron chi connectivity index (χ0n) is 11.7. The number of aryl methyl sites for hydroxylation is 1. The van der Waals surface area contributed by atoms with Crippen molar-refractivity contribution in [3.8, 4) is 11.5 Å². The Bertz CT molecular complexity index is 613. The van der Waals surface area contributed by atoms with E-state index in [1.54, 1.807) is 32.2 Å². The molecule has 1 unspecified atom stereocenters. The molecule has 2 nitrogen and oxygen atoms in total. The van der Waals surface area contributed by atoms with Gasteiger partial charge in [-0.05, 0) is 56.8 Å². The standard InChI is InChI=1S/C16H17F2NO/c1-10-9-12(7-8-13(10)17)20-15-6-4-5-14(18)16(15)11(2)19-3/h4-9,11,19H,1-3H3. The Hall–Kier alpha value is -1.94. The molecule has 0 bridgehead atoms. The van der Waals surface area contributed by atoms with Crippen LogP contribution in [0.4, 0.5) is 8.78 Å². The molecule has 2 rings (SSSR count). The van der Waals surface area contributed by atoms with E-state index in [2.05, 4.69) is 5.32 Å². The van der Waals surface area contributed by atoms with Crippen LogP contribution in [0, 0.1) is 18.6 Å². The van der Waals surface area contributed by atoms with E-state index in [0.717, 1.165) is 0 Å². The minimum Gasteiger partial charge on any atom is -0.457 e. The van der Waals surface area contributed by atoms with Crippen LogP contribution in [0.5, 0.6) is 11.5 Å². The fraction of sp³-hybridized carbons (Fsp3) is 0.250. The van der Waals surface area contributed by atoms with Gasteiger partial charge in [-0.1, -0.05) is 6.07 Å². The molecule has 1 N–H and O–H groups in total. The molecular weight excluding hydrogens is 260 g/mol. The maximum Gasteiger partial charge on any atom is 0.135 e. The van der Waals surface area contributed by atoms with E-state index >= 15 is 0 Å². The zero-order chi connectivity index (χ0) is 14.7. The third-order valence-electron chi connectivity index (χ3n) is 3.24. The summed E-state index contributed by atoms with van der Waals surface area (Å²) in [7, 11) is 1.75. The second kappa shape index (κ2) is 6.01. The highest BCUT2D eigenvalue weighted by molar-refractivity contribution is 5.41. The average molecular weight is 277 g/mol. The van der Waals surface area contributed by atoms with Crippen LogP contribution in [0.15, 0.2) is 36.4 Å². The maximum atomic E-state index is 14.0. The summed E-state index contributed by atoms with van der Waals surface area (Å²) < 4.78 is 32.9. The molecule has 20 heavy (non-hydrogen) atoms. The summed E-state index contributed by atoms with van der Waals surface area (Å²) in [6.45, 7) is 3.51. The summed E-state index contributed by atoms with van der Waals surface area (Å²) in [6.07, 6.45) is 0. The molecular formula is C16H17F2NO. The summed E-state index contributed by atoms with van der Waals surface area (Å²) in [6, 6.07) is 8.96. The molecule has 0 heterocycles. The van der Waals surface area contributed by atoms with Crippen LogP contribution in [-0.2, 0) is 0 Å². The first-order valence-corrected chi connectivity index (χ1v) is 6.42. The molecule has 0 amide bonds. The second-order valence-electron chi connectivity index (χ2n) is 4.68. The largest absolute Gasteiger partial charge is 0.457 e. The van der Waals surface area contributed by atoms with E-state index in [0.29, 0.717) is 22.6 Å². The van der Waals surface area contributed by atoms with Crippen LogP contribution in [0.3, 0.4) is 0 Å². The van der Waals surface area contributed by atoms with E-state index < -0.39 is 0 Å². The molecule has 0 saturated heterocycles. The maximum absolute atomic E-state index is 14.0. The monoisotopic (exact) mass is 277 g/mol. The highest BCUT2D eigenvalue weighted by Crippen LogP contribution is 2.32. The van der Waals surface area contributed by atoms with Crippen molar-refractivity contribution in [1.29, 1.82) is 0 Å². The van der Waals surface area contributed by atoms with Crippen LogP contribution in [0.2, 0.25) is 0 Å². The molecule has 0 aliphatic rings. The number of benzene rings is 2. The van der Waals surface area contributed by atoms with Crippen molar-refractivity contribution in [3.05, 3.63) is 59.2 Å². The number of ether oxygens (including phenoxy) is 1. The molecule has 0 fully saturated rings. The Kier molecular flexibility index (Phi) is 4.35. The highest BCUT2D eigenvalue weighted by Gasteiger charge is 2.16. The molecule has 0 aliphatic heterocycles. The van der Waals surface area contributed by atoms with Gasteiger partial charge in [-0.3, -0.25) is 0 Å². The fourth-order valence-corrected chi connectivity index (χ4v) is 1.98. The Balaban J connectivity index is 2.38. The lowest BCUT2D eigenvalue weighted by atomic mass is 10.1. The minimum absolute atomic E-state index is 0.187. The van der Waals surface area contributed by atoms with Gasteiger partial charge in [0.2, 0.25) is 0 Å².